The van der Waals surface area contributed by atoms with E-state index in [2.05, 4.69) is 24.0 Å². The number of hydrogen-bond donors (Lipinski definition) is 1. The van der Waals surface area contributed by atoms with Gasteiger partial charge in [0, 0.05) is 45.3 Å². The molecule has 98 valence electrons. The molecule has 2 rings (SSSR count). The van der Waals surface area contributed by atoms with Crippen LogP contribution in [0.1, 0.15) is 18.1 Å². The van der Waals surface area contributed by atoms with E-state index in [1.807, 2.05) is 11.0 Å². The number of nitrogens with zero attached hydrogens (tertiary/aromatic N) is 2. The van der Waals surface area contributed by atoms with Crippen molar-refractivity contribution in [2.45, 2.75) is 20.4 Å². The van der Waals surface area contributed by atoms with E-state index in [0.717, 1.165) is 26.2 Å². The topological polar surface area (TPSA) is 49.6 Å². The van der Waals surface area contributed by atoms with Crippen LogP contribution in [-0.4, -0.2) is 37.0 Å². The molecule has 0 radical (unpaired) electrons. The maximum atomic E-state index is 11.3. The van der Waals surface area contributed by atoms with Crippen molar-refractivity contribution in [1.29, 1.82) is 0 Å². The number of amides is 1. The van der Waals surface area contributed by atoms with E-state index in [4.69, 9.17) is 5.73 Å². The normalized spacial score (nSPS) is 15.9. The lowest BCUT2D eigenvalue weighted by atomic mass is 10.1. The molecule has 1 aliphatic heterocycles. The van der Waals surface area contributed by atoms with Gasteiger partial charge in [-0.1, -0.05) is 18.2 Å². The van der Waals surface area contributed by atoms with Crippen molar-refractivity contribution >= 4 is 11.6 Å². The molecule has 1 aromatic carbocycles. The smallest absolute Gasteiger partial charge is 0.219 e. The highest BCUT2D eigenvalue weighted by Gasteiger charge is 2.21. The van der Waals surface area contributed by atoms with Crippen LogP contribution in [0.4, 0.5) is 5.69 Å². The fourth-order valence-corrected chi connectivity index (χ4v) is 2.58. The van der Waals surface area contributed by atoms with Crippen LogP contribution >= 0.6 is 0 Å². The number of carbonyl (C=O) groups is 1. The Balaban J connectivity index is 2.17. The van der Waals surface area contributed by atoms with Crippen molar-refractivity contribution in [2.75, 3.05) is 31.1 Å². The van der Waals surface area contributed by atoms with Crippen molar-refractivity contribution in [2.24, 2.45) is 5.73 Å². The lowest BCUT2D eigenvalue weighted by Gasteiger charge is -2.37. The molecule has 0 aromatic heterocycles. The summed E-state index contributed by atoms with van der Waals surface area (Å²) in [6.45, 7) is 7.68. The minimum atomic E-state index is 0.165. The number of anilines is 1. The zero-order valence-electron chi connectivity index (χ0n) is 11.1. The fraction of sp³-hybridized carbons (Fsp3) is 0.500. The quantitative estimate of drug-likeness (QED) is 0.852. The zero-order valence-corrected chi connectivity index (χ0v) is 11.1. The van der Waals surface area contributed by atoms with Gasteiger partial charge in [-0.3, -0.25) is 4.79 Å². The first kappa shape index (κ1) is 12.9. The molecule has 0 saturated carbocycles. The Morgan fingerprint density at radius 1 is 1.28 bits per heavy atom. The molecule has 0 spiro atoms. The first-order valence-electron chi connectivity index (χ1n) is 6.42. The number of para-hydroxylation sites is 1. The SMILES string of the molecule is CC(=O)N1CCN(c2c(C)cccc2CN)CC1. The third-order valence-electron chi connectivity index (χ3n) is 3.58. The predicted molar refractivity (Wildman–Crippen MR) is 73.5 cm³/mol. The molecule has 1 amide bonds. The second-order valence-corrected chi connectivity index (χ2v) is 4.78. The summed E-state index contributed by atoms with van der Waals surface area (Å²) in [7, 11) is 0. The van der Waals surface area contributed by atoms with Crippen LogP contribution in [-0.2, 0) is 11.3 Å². The van der Waals surface area contributed by atoms with Gasteiger partial charge in [-0.2, -0.15) is 0 Å². The zero-order chi connectivity index (χ0) is 13.1. The number of hydrogen-bond acceptors (Lipinski definition) is 3. The summed E-state index contributed by atoms with van der Waals surface area (Å²) >= 11 is 0. The standard InChI is InChI=1S/C14H21N3O/c1-11-4-3-5-13(10-15)14(11)17-8-6-16(7-9-17)12(2)18/h3-5H,6-10,15H2,1-2H3. The summed E-state index contributed by atoms with van der Waals surface area (Å²) in [5, 5.41) is 0. The maximum absolute atomic E-state index is 11.3. The Kier molecular flexibility index (Phi) is 3.87. The van der Waals surface area contributed by atoms with E-state index < -0.39 is 0 Å². The molecule has 2 N–H and O–H groups in total. The number of aryl methyl sites for hydroxylation is 1. The van der Waals surface area contributed by atoms with E-state index in [0.29, 0.717) is 6.54 Å². The van der Waals surface area contributed by atoms with E-state index >= 15 is 0 Å². The van der Waals surface area contributed by atoms with Gasteiger partial charge in [0.05, 0.1) is 0 Å². The summed E-state index contributed by atoms with van der Waals surface area (Å²) in [5.41, 5.74) is 9.51. The van der Waals surface area contributed by atoms with Crippen LogP contribution in [0.15, 0.2) is 18.2 Å². The van der Waals surface area contributed by atoms with Gasteiger partial charge in [0.2, 0.25) is 5.91 Å². The number of rotatable bonds is 2. The van der Waals surface area contributed by atoms with Gasteiger partial charge in [0.25, 0.3) is 0 Å². The van der Waals surface area contributed by atoms with Crippen molar-refractivity contribution < 1.29 is 4.79 Å². The average Bonchev–Trinajstić information content (AvgIpc) is 2.38. The van der Waals surface area contributed by atoms with Gasteiger partial charge in [-0.25, -0.2) is 0 Å². The Bertz CT molecular complexity index is 437. The molecule has 0 atom stereocenters. The minimum absolute atomic E-state index is 0.165. The minimum Gasteiger partial charge on any atom is -0.368 e. The van der Waals surface area contributed by atoms with Crippen LogP contribution in [0.3, 0.4) is 0 Å². The molecular formula is C14H21N3O. The van der Waals surface area contributed by atoms with E-state index in [9.17, 15) is 4.79 Å². The monoisotopic (exact) mass is 247 g/mol. The summed E-state index contributed by atoms with van der Waals surface area (Å²) in [5.74, 6) is 0.165. The van der Waals surface area contributed by atoms with E-state index in [1.165, 1.54) is 16.8 Å². The molecule has 1 saturated heterocycles. The molecule has 0 bridgehead atoms. The molecule has 1 aliphatic rings. The second kappa shape index (κ2) is 5.40. The fourth-order valence-electron chi connectivity index (χ4n) is 2.58. The van der Waals surface area contributed by atoms with E-state index in [-0.39, 0.29) is 5.91 Å². The number of nitrogens with two attached hydrogens (primary N) is 1. The Hall–Kier alpha value is -1.55. The van der Waals surface area contributed by atoms with Crippen LogP contribution in [0, 0.1) is 6.92 Å². The molecule has 4 nitrogen and oxygen atoms in total. The van der Waals surface area contributed by atoms with Crippen LogP contribution in [0.5, 0.6) is 0 Å². The summed E-state index contributed by atoms with van der Waals surface area (Å²) in [6.07, 6.45) is 0. The van der Waals surface area contributed by atoms with Crippen molar-refractivity contribution in [3.63, 3.8) is 0 Å². The molecule has 1 fully saturated rings. The maximum Gasteiger partial charge on any atom is 0.219 e. The highest BCUT2D eigenvalue weighted by Crippen LogP contribution is 2.26. The summed E-state index contributed by atoms with van der Waals surface area (Å²) in [6, 6.07) is 6.25. The molecule has 18 heavy (non-hydrogen) atoms. The lowest BCUT2D eigenvalue weighted by Crippen LogP contribution is -2.48. The Morgan fingerprint density at radius 2 is 1.94 bits per heavy atom. The third kappa shape index (κ3) is 2.48. The molecule has 4 heteroatoms. The Morgan fingerprint density at radius 3 is 2.50 bits per heavy atom. The van der Waals surface area contributed by atoms with Crippen LogP contribution in [0.2, 0.25) is 0 Å². The summed E-state index contributed by atoms with van der Waals surface area (Å²) in [4.78, 5) is 15.6. The number of piperazine rings is 1. The summed E-state index contributed by atoms with van der Waals surface area (Å²) < 4.78 is 0. The van der Waals surface area contributed by atoms with Crippen LogP contribution < -0.4 is 10.6 Å². The van der Waals surface area contributed by atoms with Gasteiger partial charge in [0.15, 0.2) is 0 Å². The lowest BCUT2D eigenvalue weighted by molar-refractivity contribution is -0.129. The number of carbonyl (C=O) groups excluding carboxylic acids is 1. The average molecular weight is 247 g/mol. The molecule has 1 aromatic rings. The van der Waals surface area contributed by atoms with Gasteiger partial charge >= 0.3 is 0 Å². The van der Waals surface area contributed by atoms with Gasteiger partial charge < -0.3 is 15.5 Å². The molecular weight excluding hydrogens is 226 g/mol. The first-order valence-corrected chi connectivity index (χ1v) is 6.42. The van der Waals surface area contributed by atoms with Crippen molar-refractivity contribution in [3.05, 3.63) is 29.3 Å². The van der Waals surface area contributed by atoms with Crippen LogP contribution in [0.25, 0.3) is 0 Å². The van der Waals surface area contributed by atoms with Gasteiger partial charge in [0.1, 0.15) is 0 Å². The van der Waals surface area contributed by atoms with E-state index in [1.54, 1.807) is 6.92 Å². The van der Waals surface area contributed by atoms with Gasteiger partial charge in [-0.15, -0.1) is 0 Å². The van der Waals surface area contributed by atoms with Gasteiger partial charge in [-0.05, 0) is 18.1 Å². The highest BCUT2D eigenvalue weighted by molar-refractivity contribution is 5.73. The van der Waals surface area contributed by atoms with Crippen molar-refractivity contribution in [1.82, 2.24) is 4.90 Å². The molecule has 1 heterocycles. The predicted octanol–water partition coefficient (Wildman–Crippen LogP) is 1.12. The first-order chi connectivity index (χ1) is 8.63. The number of benzene rings is 1. The second-order valence-electron chi connectivity index (χ2n) is 4.78. The molecule has 0 aliphatic carbocycles. The van der Waals surface area contributed by atoms with Crippen molar-refractivity contribution in [3.8, 4) is 0 Å². The molecule has 0 unspecified atom stereocenters. The Labute approximate surface area is 108 Å². The highest BCUT2D eigenvalue weighted by atomic mass is 16.2. The third-order valence-corrected chi connectivity index (χ3v) is 3.58. The largest absolute Gasteiger partial charge is 0.368 e.